The fraction of sp³-hybridized carbons (Fsp3) is 0.227. The fourth-order valence-corrected chi connectivity index (χ4v) is 3.54. The van der Waals surface area contributed by atoms with Crippen LogP contribution < -0.4 is 16.2 Å². The molecule has 0 unspecified atom stereocenters. The lowest BCUT2D eigenvalue weighted by atomic mass is 10.0. The van der Waals surface area contributed by atoms with Gasteiger partial charge in [0.25, 0.3) is 5.91 Å². The van der Waals surface area contributed by atoms with E-state index in [1.54, 1.807) is 41.4 Å². The zero-order valence-corrected chi connectivity index (χ0v) is 16.8. The first-order valence-electron chi connectivity index (χ1n) is 9.97. The molecule has 9 nitrogen and oxygen atoms in total. The van der Waals surface area contributed by atoms with Gasteiger partial charge in [0.2, 0.25) is 17.4 Å². The molecule has 2 amide bonds. The average Bonchev–Trinajstić information content (AvgIpc) is 2.79. The Bertz CT molecular complexity index is 1190. The Kier molecular flexibility index (Phi) is 5.74. The summed E-state index contributed by atoms with van der Waals surface area (Å²) >= 11 is 0. The Morgan fingerprint density at radius 1 is 1.19 bits per heavy atom. The number of nitrogens with zero attached hydrogens (tertiary/aromatic N) is 3. The molecular weight excluding hydrogens is 396 g/mol. The monoisotopic (exact) mass is 418 g/mol. The van der Waals surface area contributed by atoms with Gasteiger partial charge in [-0.25, -0.2) is 4.98 Å². The first-order chi connectivity index (χ1) is 15.0. The maximum Gasteiger partial charge on any atom is 0.253 e. The number of carbonyl (C=O) groups is 2. The highest BCUT2D eigenvalue weighted by molar-refractivity contribution is 5.99. The molecule has 31 heavy (non-hydrogen) atoms. The number of amides is 2. The predicted molar refractivity (Wildman–Crippen MR) is 118 cm³/mol. The topological polar surface area (TPSA) is 120 Å². The van der Waals surface area contributed by atoms with Gasteiger partial charge in [-0.15, -0.1) is 0 Å². The molecule has 1 fully saturated rings. The van der Waals surface area contributed by atoms with Crippen molar-refractivity contribution in [1.82, 2.24) is 19.9 Å². The van der Waals surface area contributed by atoms with Gasteiger partial charge in [0.15, 0.2) is 0 Å². The molecule has 1 aliphatic rings. The quantitative estimate of drug-likeness (QED) is 0.546. The number of benzene rings is 1. The number of hydrogen-bond acceptors (Lipinski definition) is 6. The maximum atomic E-state index is 12.9. The number of fused-ring (bicyclic) bond motifs is 1. The maximum absolute atomic E-state index is 12.9. The molecule has 1 aliphatic heterocycles. The average molecular weight is 418 g/mol. The number of H-pyrrole nitrogens is 1. The molecule has 9 heteroatoms. The van der Waals surface area contributed by atoms with Crippen LogP contribution in [-0.4, -0.2) is 50.8 Å². The zero-order valence-electron chi connectivity index (χ0n) is 16.8. The number of likely N-dealkylation sites (tertiary alicyclic amines) is 1. The molecule has 1 aromatic carbocycles. The summed E-state index contributed by atoms with van der Waals surface area (Å²) in [6.45, 7) is 4.60. The van der Waals surface area contributed by atoms with Gasteiger partial charge in [0, 0.05) is 48.0 Å². The standard InChI is InChI=1S/C22H22N6O3/c1-2-18(29)24-16-8-5-14(6-9-16)21(31)28-11-3-4-17(13-28)25-22-23-12-15-7-10-19(30)26-20(15)27-22/h2,5-10,12,17H,1,3-4,11,13H2,(H,24,29)(H2,23,25,26,27,30)/t17-/m0/s1. The van der Waals surface area contributed by atoms with Crippen molar-refractivity contribution in [2.24, 2.45) is 0 Å². The van der Waals surface area contributed by atoms with E-state index < -0.39 is 0 Å². The third kappa shape index (κ3) is 4.77. The highest BCUT2D eigenvalue weighted by Crippen LogP contribution is 2.18. The summed E-state index contributed by atoms with van der Waals surface area (Å²) in [5.41, 5.74) is 1.40. The Balaban J connectivity index is 1.42. The van der Waals surface area contributed by atoms with Crippen LogP contribution in [0.15, 0.2) is 60.0 Å². The highest BCUT2D eigenvalue weighted by atomic mass is 16.2. The minimum Gasteiger partial charge on any atom is -0.350 e. The van der Waals surface area contributed by atoms with Gasteiger partial charge in [-0.05, 0) is 49.2 Å². The zero-order chi connectivity index (χ0) is 21.8. The molecule has 158 valence electrons. The summed E-state index contributed by atoms with van der Waals surface area (Å²) in [6, 6.07) is 9.88. The Morgan fingerprint density at radius 3 is 2.77 bits per heavy atom. The minimum absolute atomic E-state index is 0.00302. The van der Waals surface area contributed by atoms with Crippen molar-refractivity contribution in [2.75, 3.05) is 23.7 Å². The Labute approximate surface area is 178 Å². The second kappa shape index (κ2) is 8.78. The van der Waals surface area contributed by atoms with Crippen LogP contribution in [-0.2, 0) is 4.79 Å². The summed E-state index contributed by atoms with van der Waals surface area (Å²) in [5.74, 6) is 0.0387. The van der Waals surface area contributed by atoms with Crippen molar-refractivity contribution in [2.45, 2.75) is 18.9 Å². The number of piperidine rings is 1. The van der Waals surface area contributed by atoms with Crippen LogP contribution in [0.25, 0.3) is 11.0 Å². The number of nitrogens with one attached hydrogen (secondary N) is 3. The van der Waals surface area contributed by atoms with Gasteiger partial charge in [0.05, 0.1) is 0 Å². The van der Waals surface area contributed by atoms with Crippen molar-refractivity contribution in [3.8, 4) is 0 Å². The summed E-state index contributed by atoms with van der Waals surface area (Å²) in [6.07, 6.45) is 4.57. The van der Waals surface area contributed by atoms with E-state index in [1.807, 2.05) is 0 Å². The molecule has 0 bridgehead atoms. The molecule has 0 saturated carbocycles. The lowest BCUT2D eigenvalue weighted by Crippen LogP contribution is -2.45. The summed E-state index contributed by atoms with van der Waals surface area (Å²) in [4.78, 5) is 49.0. The van der Waals surface area contributed by atoms with E-state index >= 15 is 0 Å². The van der Waals surface area contributed by atoms with E-state index in [2.05, 4.69) is 32.2 Å². The van der Waals surface area contributed by atoms with Gasteiger partial charge in [0.1, 0.15) is 5.65 Å². The van der Waals surface area contributed by atoms with Gasteiger partial charge in [-0.1, -0.05) is 6.58 Å². The van der Waals surface area contributed by atoms with Crippen molar-refractivity contribution in [3.63, 3.8) is 0 Å². The molecule has 1 atom stereocenters. The third-order valence-electron chi connectivity index (χ3n) is 5.10. The van der Waals surface area contributed by atoms with Crippen LogP contribution in [0.4, 0.5) is 11.6 Å². The van der Waals surface area contributed by atoms with E-state index in [0.29, 0.717) is 35.9 Å². The normalized spacial score (nSPS) is 16.0. The van der Waals surface area contributed by atoms with Crippen LogP contribution >= 0.6 is 0 Å². The molecule has 0 radical (unpaired) electrons. The van der Waals surface area contributed by atoms with Crippen LogP contribution in [0.5, 0.6) is 0 Å². The molecule has 3 aromatic rings. The third-order valence-corrected chi connectivity index (χ3v) is 5.10. The molecule has 0 aliphatic carbocycles. The molecule has 1 saturated heterocycles. The van der Waals surface area contributed by atoms with Crippen molar-refractivity contribution < 1.29 is 9.59 Å². The number of pyridine rings is 1. The Morgan fingerprint density at radius 2 is 2.00 bits per heavy atom. The smallest absolute Gasteiger partial charge is 0.253 e. The molecular formula is C22H22N6O3. The molecule has 4 rings (SSSR count). The molecule has 3 heterocycles. The van der Waals surface area contributed by atoms with Crippen molar-refractivity contribution in [1.29, 1.82) is 0 Å². The Hall–Kier alpha value is -4.01. The SMILES string of the molecule is C=CC(=O)Nc1ccc(C(=O)N2CCC[C@H](Nc3ncc4ccc(=O)[nH]c4n3)C2)cc1. The second-order valence-corrected chi connectivity index (χ2v) is 7.33. The van der Waals surface area contributed by atoms with E-state index in [1.165, 1.54) is 12.1 Å². The minimum atomic E-state index is -0.302. The van der Waals surface area contributed by atoms with Crippen LogP contribution in [0.3, 0.4) is 0 Å². The number of hydrogen-bond donors (Lipinski definition) is 3. The van der Waals surface area contributed by atoms with Gasteiger partial charge in [-0.2, -0.15) is 4.98 Å². The van der Waals surface area contributed by atoms with E-state index in [4.69, 9.17) is 0 Å². The number of carbonyl (C=O) groups excluding carboxylic acids is 2. The van der Waals surface area contributed by atoms with Crippen LogP contribution in [0, 0.1) is 0 Å². The van der Waals surface area contributed by atoms with E-state index in [0.717, 1.165) is 18.2 Å². The van der Waals surface area contributed by atoms with Gasteiger partial charge in [-0.3, -0.25) is 14.4 Å². The van der Waals surface area contributed by atoms with Gasteiger partial charge < -0.3 is 20.5 Å². The highest BCUT2D eigenvalue weighted by Gasteiger charge is 2.25. The first kappa shape index (κ1) is 20.3. The number of anilines is 2. The number of rotatable bonds is 5. The fourth-order valence-electron chi connectivity index (χ4n) is 3.54. The van der Waals surface area contributed by atoms with E-state index in [-0.39, 0.29) is 23.4 Å². The van der Waals surface area contributed by atoms with Gasteiger partial charge >= 0.3 is 0 Å². The lowest BCUT2D eigenvalue weighted by molar-refractivity contribution is -0.111. The van der Waals surface area contributed by atoms with Crippen molar-refractivity contribution in [3.05, 3.63) is 71.2 Å². The number of aromatic nitrogens is 3. The summed E-state index contributed by atoms with van der Waals surface area (Å²) in [7, 11) is 0. The van der Waals surface area contributed by atoms with Crippen LogP contribution in [0.1, 0.15) is 23.2 Å². The van der Waals surface area contributed by atoms with E-state index in [9.17, 15) is 14.4 Å². The summed E-state index contributed by atoms with van der Waals surface area (Å²) < 4.78 is 0. The lowest BCUT2D eigenvalue weighted by Gasteiger charge is -2.33. The van der Waals surface area contributed by atoms with Crippen molar-refractivity contribution >= 4 is 34.5 Å². The molecule has 3 N–H and O–H groups in total. The number of aromatic amines is 1. The second-order valence-electron chi connectivity index (χ2n) is 7.33. The molecule has 0 spiro atoms. The molecule has 2 aromatic heterocycles. The predicted octanol–water partition coefficient (Wildman–Crippen LogP) is 2.16. The summed E-state index contributed by atoms with van der Waals surface area (Å²) in [5, 5.41) is 6.68. The first-order valence-corrected chi connectivity index (χ1v) is 9.97. The van der Waals surface area contributed by atoms with Crippen LogP contribution in [0.2, 0.25) is 0 Å². The largest absolute Gasteiger partial charge is 0.350 e.